The molecule has 0 heterocycles. The van der Waals surface area contributed by atoms with Crippen LogP contribution in [0.3, 0.4) is 0 Å². The summed E-state index contributed by atoms with van der Waals surface area (Å²) in [6.07, 6.45) is 1.33. The Bertz CT molecular complexity index is 460. The van der Waals surface area contributed by atoms with Crippen LogP contribution in [0.1, 0.15) is 23.6 Å². The van der Waals surface area contributed by atoms with Gasteiger partial charge in [-0.25, -0.2) is 0 Å². The van der Waals surface area contributed by atoms with Gasteiger partial charge in [0.25, 0.3) is 0 Å². The molecule has 1 aromatic rings. The number of amides is 1. The van der Waals surface area contributed by atoms with Gasteiger partial charge in [-0.15, -0.1) is 0 Å². The molecule has 1 amide bonds. The lowest BCUT2D eigenvalue weighted by molar-refractivity contribution is -0.124. The molecule has 1 aliphatic rings. The molecule has 5 heteroatoms. The number of nitrogens with two attached hydrogens (primary N) is 1. The molecular weight excluding hydrogens is 256 g/mol. The molecule has 0 aliphatic heterocycles. The fourth-order valence-corrected chi connectivity index (χ4v) is 2.80. The molecule has 0 fully saturated rings. The Hall–Kier alpha value is -1.43. The lowest BCUT2D eigenvalue weighted by atomic mass is 9.79. The molecular formula is C15H22N2O3. The van der Waals surface area contributed by atoms with Crippen molar-refractivity contribution in [1.82, 2.24) is 5.32 Å². The van der Waals surface area contributed by atoms with Crippen molar-refractivity contribution in [3.63, 3.8) is 0 Å². The van der Waals surface area contributed by atoms with E-state index in [0.717, 1.165) is 18.4 Å². The van der Waals surface area contributed by atoms with Gasteiger partial charge in [0.15, 0.2) is 6.29 Å². The van der Waals surface area contributed by atoms with Crippen molar-refractivity contribution in [3.05, 3.63) is 35.4 Å². The minimum atomic E-state index is -0.336. The molecule has 0 radical (unpaired) electrons. The maximum Gasteiger partial charge on any atom is 0.222 e. The second kappa shape index (κ2) is 6.83. The highest BCUT2D eigenvalue weighted by molar-refractivity contribution is 5.78. The first kappa shape index (κ1) is 15.0. The van der Waals surface area contributed by atoms with Crippen molar-refractivity contribution in [2.45, 2.75) is 25.2 Å². The van der Waals surface area contributed by atoms with Crippen LogP contribution in [0.15, 0.2) is 24.3 Å². The number of hydrogen-bond donors (Lipinski definition) is 2. The average Bonchev–Trinajstić information content (AvgIpc) is 2.47. The van der Waals surface area contributed by atoms with Gasteiger partial charge in [0.1, 0.15) is 0 Å². The summed E-state index contributed by atoms with van der Waals surface area (Å²) in [6.45, 7) is 0.510. The molecule has 2 rings (SSSR count). The Labute approximate surface area is 119 Å². The van der Waals surface area contributed by atoms with Crippen molar-refractivity contribution in [2.24, 2.45) is 11.7 Å². The summed E-state index contributed by atoms with van der Waals surface area (Å²) in [5.41, 5.74) is 7.96. The normalized spacial score (nSPS) is 21.8. The van der Waals surface area contributed by atoms with Crippen LogP contribution in [-0.4, -0.2) is 33.0 Å². The zero-order valence-corrected chi connectivity index (χ0v) is 12.0. The number of methoxy groups -OCH3 is 2. The first-order valence-electron chi connectivity index (χ1n) is 6.83. The monoisotopic (exact) mass is 278 g/mol. The maximum absolute atomic E-state index is 11.7. The van der Waals surface area contributed by atoms with Crippen LogP contribution in [0.5, 0.6) is 0 Å². The van der Waals surface area contributed by atoms with E-state index in [9.17, 15) is 4.79 Å². The number of nitrogens with one attached hydrogen (secondary N) is 1. The smallest absolute Gasteiger partial charge is 0.222 e. The van der Waals surface area contributed by atoms with Crippen molar-refractivity contribution < 1.29 is 14.3 Å². The largest absolute Gasteiger partial charge is 0.369 e. The Balaban J connectivity index is 2.18. The number of aryl methyl sites for hydroxylation is 1. The average molecular weight is 278 g/mol. The molecule has 2 atom stereocenters. The van der Waals surface area contributed by atoms with E-state index in [-0.39, 0.29) is 24.2 Å². The topological polar surface area (TPSA) is 73.6 Å². The van der Waals surface area contributed by atoms with Crippen LogP contribution in [0.2, 0.25) is 0 Å². The van der Waals surface area contributed by atoms with Crippen LogP contribution in [0.4, 0.5) is 0 Å². The predicted molar refractivity (Wildman–Crippen MR) is 76.0 cm³/mol. The van der Waals surface area contributed by atoms with E-state index in [1.54, 1.807) is 14.2 Å². The van der Waals surface area contributed by atoms with Gasteiger partial charge in [0.2, 0.25) is 5.91 Å². The number of benzene rings is 1. The van der Waals surface area contributed by atoms with Crippen LogP contribution in [0, 0.1) is 5.92 Å². The number of rotatable bonds is 6. The highest BCUT2D eigenvalue weighted by atomic mass is 16.7. The molecule has 5 nitrogen and oxygen atoms in total. The van der Waals surface area contributed by atoms with Gasteiger partial charge < -0.3 is 20.5 Å². The summed E-state index contributed by atoms with van der Waals surface area (Å²) in [6, 6.07) is 8.08. The predicted octanol–water partition coefficient (Wildman–Crippen LogP) is 0.984. The fourth-order valence-electron chi connectivity index (χ4n) is 2.80. The van der Waals surface area contributed by atoms with Gasteiger partial charge >= 0.3 is 0 Å². The van der Waals surface area contributed by atoms with E-state index in [4.69, 9.17) is 15.2 Å². The molecule has 0 saturated heterocycles. The summed E-state index contributed by atoms with van der Waals surface area (Å²) >= 11 is 0. The van der Waals surface area contributed by atoms with Gasteiger partial charge in [0.05, 0.1) is 5.92 Å². The van der Waals surface area contributed by atoms with E-state index < -0.39 is 0 Å². The highest BCUT2D eigenvalue weighted by Crippen LogP contribution is 2.34. The first-order valence-corrected chi connectivity index (χ1v) is 6.83. The zero-order valence-electron chi connectivity index (χ0n) is 12.0. The first-order chi connectivity index (χ1) is 9.67. The van der Waals surface area contributed by atoms with Gasteiger partial charge in [-0.05, 0) is 24.0 Å². The van der Waals surface area contributed by atoms with Crippen molar-refractivity contribution in [3.8, 4) is 0 Å². The number of primary amides is 1. The van der Waals surface area contributed by atoms with Gasteiger partial charge in [-0.1, -0.05) is 24.3 Å². The van der Waals surface area contributed by atoms with E-state index >= 15 is 0 Å². The molecule has 20 heavy (non-hydrogen) atoms. The second-order valence-corrected chi connectivity index (χ2v) is 5.03. The SMILES string of the molecule is COC(CNC1c2ccccc2CCC1C(N)=O)OC. The fraction of sp³-hybridized carbons (Fsp3) is 0.533. The van der Waals surface area contributed by atoms with Crippen LogP contribution < -0.4 is 11.1 Å². The third kappa shape index (κ3) is 3.17. The van der Waals surface area contributed by atoms with E-state index in [0.29, 0.717) is 6.54 Å². The van der Waals surface area contributed by atoms with Gasteiger partial charge in [-0.3, -0.25) is 4.79 Å². The lowest BCUT2D eigenvalue weighted by Crippen LogP contribution is -2.42. The Morgan fingerprint density at radius 2 is 2.10 bits per heavy atom. The molecule has 1 aliphatic carbocycles. The summed E-state index contributed by atoms with van der Waals surface area (Å²) in [5, 5.41) is 3.36. The second-order valence-electron chi connectivity index (χ2n) is 5.03. The summed E-state index contributed by atoms with van der Waals surface area (Å²) < 4.78 is 10.3. The minimum Gasteiger partial charge on any atom is -0.369 e. The molecule has 110 valence electrons. The third-order valence-corrected chi connectivity index (χ3v) is 3.91. The quantitative estimate of drug-likeness (QED) is 0.761. The molecule has 0 saturated carbocycles. The lowest BCUT2D eigenvalue weighted by Gasteiger charge is -2.33. The Morgan fingerprint density at radius 1 is 1.40 bits per heavy atom. The Morgan fingerprint density at radius 3 is 2.75 bits per heavy atom. The Kier molecular flexibility index (Phi) is 5.11. The van der Waals surface area contributed by atoms with Crippen LogP contribution >= 0.6 is 0 Å². The van der Waals surface area contributed by atoms with Crippen molar-refractivity contribution in [2.75, 3.05) is 20.8 Å². The number of carbonyl (C=O) groups excluding carboxylic acids is 1. The summed E-state index contributed by atoms with van der Waals surface area (Å²) in [7, 11) is 3.19. The van der Waals surface area contributed by atoms with E-state index in [1.807, 2.05) is 12.1 Å². The van der Waals surface area contributed by atoms with E-state index in [1.165, 1.54) is 5.56 Å². The van der Waals surface area contributed by atoms with Crippen LogP contribution in [-0.2, 0) is 20.7 Å². The molecule has 0 bridgehead atoms. The van der Waals surface area contributed by atoms with Crippen LogP contribution in [0.25, 0.3) is 0 Å². The number of fused-ring (bicyclic) bond motifs is 1. The van der Waals surface area contributed by atoms with Gasteiger partial charge in [0, 0.05) is 26.8 Å². The molecule has 0 spiro atoms. The molecule has 0 aromatic heterocycles. The molecule has 1 aromatic carbocycles. The van der Waals surface area contributed by atoms with Gasteiger partial charge in [-0.2, -0.15) is 0 Å². The standard InChI is InChI=1S/C15H22N2O3/c1-19-13(20-2)9-17-14-11-6-4-3-5-10(11)7-8-12(14)15(16)18/h3-6,12-14,17H,7-9H2,1-2H3,(H2,16,18). The molecule has 3 N–H and O–H groups in total. The van der Waals surface area contributed by atoms with Crippen molar-refractivity contribution >= 4 is 5.91 Å². The zero-order chi connectivity index (χ0) is 14.5. The summed E-state index contributed by atoms with van der Waals surface area (Å²) in [5.74, 6) is -0.456. The maximum atomic E-state index is 11.7. The third-order valence-electron chi connectivity index (χ3n) is 3.91. The minimum absolute atomic E-state index is 0.0785. The number of ether oxygens (including phenoxy) is 2. The van der Waals surface area contributed by atoms with E-state index in [2.05, 4.69) is 17.4 Å². The van der Waals surface area contributed by atoms with Crippen molar-refractivity contribution in [1.29, 1.82) is 0 Å². The number of hydrogen-bond acceptors (Lipinski definition) is 4. The number of carbonyl (C=O) groups is 1. The summed E-state index contributed by atoms with van der Waals surface area (Å²) in [4.78, 5) is 11.7. The molecule has 2 unspecified atom stereocenters. The highest BCUT2D eigenvalue weighted by Gasteiger charge is 2.33.